The first kappa shape index (κ1) is 21.7. The molecule has 3 rings (SSSR count). The fourth-order valence-corrected chi connectivity index (χ4v) is 2.88. The number of hydrazone groups is 1. The van der Waals surface area contributed by atoms with Gasteiger partial charge in [0.05, 0.1) is 18.5 Å². The predicted molar refractivity (Wildman–Crippen MR) is 121 cm³/mol. The molecule has 2 aromatic carbocycles. The highest BCUT2D eigenvalue weighted by atomic mass is 16.5. The third-order valence-corrected chi connectivity index (χ3v) is 4.38. The van der Waals surface area contributed by atoms with Gasteiger partial charge >= 0.3 is 0 Å². The number of nitriles is 1. The molecule has 0 saturated carbocycles. The van der Waals surface area contributed by atoms with E-state index in [-0.39, 0.29) is 11.5 Å². The van der Waals surface area contributed by atoms with Crippen LogP contribution in [0, 0.1) is 11.3 Å². The van der Waals surface area contributed by atoms with Gasteiger partial charge in [-0.15, -0.1) is 0 Å². The highest BCUT2D eigenvalue weighted by Crippen LogP contribution is 2.20. The van der Waals surface area contributed by atoms with Crippen molar-refractivity contribution in [1.82, 2.24) is 14.9 Å². The fraction of sp³-hybridized carbons (Fsp3) is 0.217. The molecule has 8 nitrogen and oxygen atoms in total. The first-order valence-electron chi connectivity index (χ1n) is 9.84. The van der Waals surface area contributed by atoms with Crippen LogP contribution in [-0.2, 0) is 0 Å². The Balaban J connectivity index is 1.76. The van der Waals surface area contributed by atoms with Crippen LogP contribution in [0.4, 0.5) is 5.95 Å². The van der Waals surface area contributed by atoms with Crippen molar-refractivity contribution in [1.29, 1.82) is 5.26 Å². The van der Waals surface area contributed by atoms with Crippen LogP contribution in [0.15, 0.2) is 64.5 Å². The van der Waals surface area contributed by atoms with Gasteiger partial charge < -0.3 is 9.64 Å². The summed E-state index contributed by atoms with van der Waals surface area (Å²) < 4.78 is 5.86. The molecule has 0 unspecified atom stereocenters. The number of benzene rings is 2. The molecular formula is C23H24N6O2. The first-order chi connectivity index (χ1) is 15.1. The summed E-state index contributed by atoms with van der Waals surface area (Å²) in [5, 5.41) is 13.5. The van der Waals surface area contributed by atoms with Crippen molar-refractivity contribution < 1.29 is 4.74 Å². The summed E-state index contributed by atoms with van der Waals surface area (Å²) in [7, 11) is 4.05. The highest BCUT2D eigenvalue weighted by molar-refractivity contribution is 5.83. The Morgan fingerprint density at radius 1 is 1.19 bits per heavy atom. The molecule has 0 radical (unpaired) electrons. The second-order valence-electron chi connectivity index (χ2n) is 7.03. The number of H-pyrrole nitrogens is 1. The SMILES string of the molecule is CN(C)CCCOc1ccccc1C=NNc1nc(-c2ccccc2)c(C#N)c(=O)[nH]1. The number of nitrogens with one attached hydrogen (secondary N) is 2. The molecule has 0 aliphatic carbocycles. The molecule has 0 saturated heterocycles. The van der Waals surface area contributed by atoms with Crippen molar-refractivity contribution in [3.8, 4) is 23.1 Å². The largest absolute Gasteiger partial charge is 0.493 e. The number of aromatic amines is 1. The number of hydrogen-bond acceptors (Lipinski definition) is 7. The van der Waals surface area contributed by atoms with Gasteiger partial charge in [-0.3, -0.25) is 9.78 Å². The molecule has 31 heavy (non-hydrogen) atoms. The molecule has 8 heteroatoms. The summed E-state index contributed by atoms with van der Waals surface area (Å²) in [4.78, 5) is 21.3. The quantitative estimate of drug-likeness (QED) is 0.315. The standard InChI is InChI=1S/C23H24N6O2/c1-29(2)13-8-14-31-20-12-7-6-11-18(20)16-25-28-23-26-21(17-9-4-3-5-10-17)19(15-24)22(30)27-23/h3-7,9-12,16H,8,13-14H2,1-2H3,(H2,26,27,28,30). The van der Waals surface area contributed by atoms with Crippen molar-refractivity contribution in [2.75, 3.05) is 32.7 Å². The van der Waals surface area contributed by atoms with Crippen molar-refractivity contribution in [3.05, 3.63) is 76.1 Å². The minimum Gasteiger partial charge on any atom is -0.493 e. The lowest BCUT2D eigenvalue weighted by molar-refractivity contribution is 0.281. The van der Waals surface area contributed by atoms with Gasteiger partial charge in [0.1, 0.15) is 17.4 Å². The number of nitrogens with zero attached hydrogens (tertiary/aromatic N) is 4. The maximum absolute atomic E-state index is 12.3. The van der Waals surface area contributed by atoms with E-state index in [1.807, 2.05) is 62.6 Å². The minimum absolute atomic E-state index is 0.0443. The molecule has 0 bridgehead atoms. The summed E-state index contributed by atoms with van der Waals surface area (Å²) in [6.07, 6.45) is 2.51. The maximum atomic E-state index is 12.3. The molecule has 0 fully saturated rings. The monoisotopic (exact) mass is 416 g/mol. The van der Waals surface area contributed by atoms with Crippen LogP contribution >= 0.6 is 0 Å². The van der Waals surface area contributed by atoms with Crippen molar-refractivity contribution in [2.24, 2.45) is 5.10 Å². The summed E-state index contributed by atoms with van der Waals surface area (Å²) in [6.45, 7) is 1.54. The zero-order valence-electron chi connectivity index (χ0n) is 17.5. The third-order valence-electron chi connectivity index (χ3n) is 4.38. The number of ether oxygens (including phenoxy) is 1. The van der Waals surface area contributed by atoms with E-state index in [0.717, 1.165) is 24.3 Å². The molecule has 1 aromatic heterocycles. The fourth-order valence-electron chi connectivity index (χ4n) is 2.88. The van der Waals surface area contributed by atoms with Crippen molar-refractivity contribution in [2.45, 2.75) is 6.42 Å². The average Bonchev–Trinajstić information content (AvgIpc) is 2.77. The summed E-state index contributed by atoms with van der Waals surface area (Å²) in [6, 6.07) is 18.6. The Bertz CT molecular complexity index is 1130. The second-order valence-corrected chi connectivity index (χ2v) is 7.03. The third kappa shape index (κ3) is 6.01. The van der Waals surface area contributed by atoms with E-state index in [2.05, 4.69) is 25.4 Å². The lowest BCUT2D eigenvalue weighted by atomic mass is 10.1. The van der Waals surface area contributed by atoms with Crippen LogP contribution in [-0.4, -0.2) is 48.3 Å². The van der Waals surface area contributed by atoms with Crippen LogP contribution in [0.5, 0.6) is 5.75 Å². The molecule has 0 spiro atoms. The Morgan fingerprint density at radius 3 is 2.68 bits per heavy atom. The topological polar surface area (TPSA) is 106 Å². The normalized spacial score (nSPS) is 10.9. The molecule has 3 aromatic rings. The Morgan fingerprint density at radius 2 is 1.94 bits per heavy atom. The van der Waals surface area contributed by atoms with E-state index in [9.17, 15) is 10.1 Å². The van der Waals surface area contributed by atoms with Crippen molar-refractivity contribution in [3.63, 3.8) is 0 Å². The number of hydrogen-bond donors (Lipinski definition) is 2. The van der Waals surface area contributed by atoms with Crippen LogP contribution in [0.25, 0.3) is 11.3 Å². The number of aromatic nitrogens is 2. The Labute approximate surface area is 180 Å². The Hall–Kier alpha value is -3.96. The van der Waals surface area contributed by atoms with Gasteiger partial charge in [0.2, 0.25) is 5.95 Å². The second kappa shape index (κ2) is 10.7. The number of anilines is 1. The Kier molecular flexibility index (Phi) is 7.51. The summed E-state index contributed by atoms with van der Waals surface area (Å²) in [5.74, 6) is 0.863. The predicted octanol–water partition coefficient (Wildman–Crippen LogP) is 3.09. The molecule has 1 heterocycles. The van der Waals surface area contributed by atoms with Gasteiger partial charge in [0.25, 0.3) is 5.56 Å². The van der Waals surface area contributed by atoms with Crippen LogP contribution in [0.3, 0.4) is 0 Å². The average molecular weight is 416 g/mol. The van der Waals surface area contributed by atoms with Gasteiger partial charge in [0.15, 0.2) is 0 Å². The van der Waals surface area contributed by atoms with E-state index < -0.39 is 5.56 Å². The van der Waals surface area contributed by atoms with Crippen LogP contribution in [0.1, 0.15) is 17.5 Å². The lowest BCUT2D eigenvalue weighted by Crippen LogP contribution is -2.16. The molecular weight excluding hydrogens is 392 g/mol. The van der Waals surface area contributed by atoms with Crippen LogP contribution in [0.2, 0.25) is 0 Å². The molecule has 0 aliphatic rings. The zero-order chi connectivity index (χ0) is 22.1. The van der Waals surface area contributed by atoms with E-state index >= 15 is 0 Å². The van der Waals surface area contributed by atoms with Gasteiger partial charge in [-0.25, -0.2) is 10.4 Å². The minimum atomic E-state index is -0.529. The highest BCUT2D eigenvalue weighted by Gasteiger charge is 2.12. The molecule has 2 N–H and O–H groups in total. The number of rotatable bonds is 9. The molecule has 0 atom stereocenters. The van der Waals surface area contributed by atoms with Gasteiger partial charge in [-0.05, 0) is 32.6 Å². The van der Waals surface area contributed by atoms with Crippen molar-refractivity contribution >= 4 is 12.2 Å². The lowest BCUT2D eigenvalue weighted by Gasteiger charge is -2.11. The van der Waals surface area contributed by atoms with E-state index in [1.54, 1.807) is 18.3 Å². The van der Waals surface area contributed by atoms with E-state index in [0.29, 0.717) is 17.9 Å². The van der Waals surface area contributed by atoms with Gasteiger partial charge in [0, 0.05) is 17.7 Å². The van der Waals surface area contributed by atoms with Gasteiger partial charge in [-0.1, -0.05) is 42.5 Å². The zero-order valence-corrected chi connectivity index (χ0v) is 17.5. The summed E-state index contributed by atoms with van der Waals surface area (Å²) >= 11 is 0. The van der Waals surface area contributed by atoms with Gasteiger partial charge in [-0.2, -0.15) is 10.4 Å². The van der Waals surface area contributed by atoms with Crippen LogP contribution < -0.4 is 15.7 Å². The molecule has 0 aliphatic heterocycles. The molecule has 0 amide bonds. The van der Waals surface area contributed by atoms with E-state index in [1.165, 1.54) is 0 Å². The maximum Gasteiger partial charge on any atom is 0.270 e. The first-order valence-corrected chi connectivity index (χ1v) is 9.84. The van der Waals surface area contributed by atoms with E-state index in [4.69, 9.17) is 4.74 Å². The number of para-hydroxylation sites is 1. The summed E-state index contributed by atoms with van der Waals surface area (Å²) in [5.41, 5.74) is 3.93. The molecule has 158 valence electrons. The smallest absolute Gasteiger partial charge is 0.270 e.